The number of aromatic hydroxyl groups is 1. The van der Waals surface area contributed by atoms with E-state index in [0.29, 0.717) is 6.42 Å². The number of phenols is 1. The van der Waals surface area contributed by atoms with Crippen LogP contribution >= 0.6 is 0 Å². The number of anilines is 1. The van der Waals surface area contributed by atoms with Crippen molar-refractivity contribution in [2.45, 2.75) is 26.3 Å². The summed E-state index contributed by atoms with van der Waals surface area (Å²) < 4.78 is 0. The van der Waals surface area contributed by atoms with Gasteiger partial charge in [-0.15, -0.1) is 6.58 Å². The second-order valence-electron chi connectivity index (χ2n) is 4.05. The quantitative estimate of drug-likeness (QED) is 0.744. The van der Waals surface area contributed by atoms with Gasteiger partial charge in [0.05, 0.1) is 0 Å². The number of rotatable bonds is 6. The Kier molecular flexibility index (Phi) is 5.04. The van der Waals surface area contributed by atoms with Gasteiger partial charge in [0, 0.05) is 36.4 Å². The molecule has 3 N–H and O–H groups in total. The molecule has 1 rings (SSSR count). The highest BCUT2D eigenvalue weighted by Crippen LogP contribution is 2.29. The molecule has 0 bridgehead atoms. The van der Waals surface area contributed by atoms with Crippen molar-refractivity contribution in [2.75, 3.05) is 18.0 Å². The summed E-state index contributed by atoms with van der Waals surface area (Å²) in [6.07, 6.45) is 2.43. The normalized spacial score (nSPS) is 12.2. The number of hydrogen-bond donors (Lipinski definition) is 2. The Morgan fingerprint density at radius 3 is 2.53 bits per heavy atom. The zero-order valence-electron chi connectivity index (χ0n) is 10.7. The molecule has 0 saturated heterocycles. The molecule has 94 valence electrons. The maximum absolute atomic E-state index is 9.99. The molecule has 0 saturated carbocycles. The van der Waals surface area contributed by atoms with Crippen molar-refractivity contribution in [3.63, 3.8) is 0 Å². The van der Waals surface area contributed by atoms with Gasteiger partial charge in [-0.25, -0.2) is 0 Å². The lowest BCUT2D eigenvalue weighted by atomic mass is 10.0. The summed E-state index contributed by atoms with van der Waals surface area (Å²) >= 11 is 0. The number of nitrogens with zero attached hydrogens (tertiary/aromatic N) is 1. The molecular formula is C14H22N2O. The molecule has 0 radical (unpaired) electrons. The number of benzene rings is 1. The van der Waals surface area contributed by atoms with Gasteiger partial charge in [-0.2, -0.15) is 0 Å². The van der Waals surface area contributed by atoms with Crippen LogP contribution in [0.15, 0.2) is 30.9 Å². The van der Waals surface area contributed by atoms with Gasteiger partial charge in [-0.3, -0.25) is 0 Å². The van der Waals surface area contributed by atoms with Gasteiger partial charge < -0.3 is 15.7 Å². The smallest absolute Gasteiger partial charge is 0.122 e. The third-order valence-electron chi connectivity index (χ3n) is 2.96. The van der Waals surface area contributed by atoms with Crippen LogP contribution in [0.25, 0.3) is 0 Å². The molecule has 1 atom stereocenters. The molecule has 0 aromatic heterocycles. The van der Waals surface area contributed by atoms with Crippen LogP contribution in [0.3, 0.4) is 0 Å². The Morgan fingerprint density at radius 2 is 2.06 bits per heavy atom. The van der Waals surface area contributed by atoms with Crippen LogP contribution in [-0.2, 0) is 0 Å². The molecule has 17 heavy (non-hydrogen) atoms. The SMILES string of the molecule is C=CC[C@@H](N)c1ccc(N(CC)CC)cc1O. The fraction of sp³-hybridized carbons (Fsp3) is 0.429. The van der Waals surface area contributed by atoms with E-state index in [0.717, 1.165) is 24.3 Å². The molecule has 3 nitrogen and oxygen atoms in total. The van der Waals surface area contributed by atoms with E-state index >= 15 is 0 Å². The zero-order valence-corrected chi connectivity index (χ0v) is 10.7. The first-order chi connectivity index (χ1) is 8.13. The van der Waals surface area contributed by atoms with E-state index in [1.54, 1.807) is 12.1 Å². The van der Waals surface area contributed by atoms with Gasteiger partial charge in [0.15, 0.2) is 0 Å². The Bertz CT molecular complexity index is 372. The Hall–Kier alpha value is -1.48. The van der Waals surface area contributed by atoms with Crippen molar-refractivity contribution in [2.24, 2.45) is 5.73 Å². The molecule has 0 spiro atoms. The number of phenolic OH excluding ortho intramolecular Hbond substituents is 1. The molecular weight excluding hydrogens is 212 g/mol. The van der Waals surface area contributed by atoms with Gasteiger partial charge in [0.25, 0.3) is 0 Å². The standard InChI is InChI=1S/C14H22N2O/c1-4-7-13(15)12-9-8-11(10-14(12)17)16(5-2)6-3/h4,8-10,13,17H,1,5-7,15H2,2-3H3/t13-/m1/s1. The minimum Gasteiger partial charge on any atom is -0.508 e. The molecule has 0 aliphatic rings. The van der Waals surface area contributed by atoms with Crippen molar-refractivity contribution in [1.82, 2.24) is 0 Å². The van der Waals surface area contributed by atoms with E-state index in [-0.39, 0.29) is 11.8 Å². The maximum Gasteiger partial charge on any atom is 0.122 e. The minimum atomic E-state index is -0.182. The first kappa shape index (κ1) is 13.6. The molecule has 1 aromatic carbocycles. The fourth-order valence-electron chi connectivity index (χ4n) is 1.94. The fourth-order valence-corrected chi connectivity index (χ4v) is 1.94. The van der Waals surface area contributed by atoms with Gasteiger partial charge in [0.1, 0.15) is 5.75 Å². The molecule has 0 amide bonds. The molecule has 0 aliphatic heterocycles. The summed E-state index contributed by atoms with van der Waals surface area (Å²) in [5.74, 6) is 0.267. The summed E-state index contributed by atoms with van der Waals surface area (Å²) in [7, 11) is 0. The van der Waals surface area contributed by atoms with E-state index in [9.17, 15) is 5.11 Å². The van der Waals surface area contributed by atoms with Crippen LogP contribution in [0, 0.1) is 0 Å². The van der Waals surface area contributed by atoms with E-state index in [1.807, 2.05) is 12.1 Å². The van der Waals surface area contributed by atoms with E-state index in [2.05, 4.69) is 25.3 Å². The van der Waals surface area contributed by atoms with Gasteiger partial charge in [-0.1, -0.05) is 12.1 Å². The predicted octanol–water partition coefficient (Wildman–Crippen LogP) is 2.81. The zero-order chi connectivity index (χ0) is 12.8. The Balaban J connectivity index is 2.96. The first-order valence-corrected chi connectivity index (χ1v) is 6.08. The average Bonchev–Trinajstić information content (AvgIpc) is 2.31. The largest absolute Gasteiger partial charge is 0.508 e. The molecule has 0 aliphatic carbocycles. The second kappa shape index (κ2) is 6.30. The van der Waals surface area contributed by atoms with Gasteiger partial charge in [-0.05, 0) is 26.3 Å². The van der Waals surface area contributed by atoms with Crippen LogP contribution in [0.4, 0.5) is 5.69 Å². The lowest BCUT2D eigenvalue weighted by Gasteiger charge is -2.22. The minimum absolute atomic E-state index is 0.182. The van der Waals surface area contributed by atoms with E-state index < -0.39 is 0 Å². The highest BCUT2D eigenvalue weighted by molar-refractivity contribution is 5.54. The highest BCUT2D eigenvalue weighted by atomic mass is 16.3. The lowest BCUT2D eigenvalue weighted by Crippen LogP contribution is -2.21. The molecule has 3 heteroatoms. The van der Waals surface area contributed by atoms with Crippen LogP contribution in [0.2, 0.25) is 0 Å². The van der Waals surface area contributed by atoms with Crippen LogP contribution in [0.5, 0.6) is 5.75 Å². The predicted molar refractivity (Wildman–Crippen MR) is 73.4 cm³/mol. The molecule has 0 fully saturated rings. The second-order valence-corrected chi connectivity index (χ2v) is 4.05. The summed E-state index contributed by atoms with van der Waals surface area (Å²) in [6, 6.07) is 5.51. The summed E-state index contributed by atoms with van der Waals surface area (Å²) in [4.78, 5) is 2.18. The topological polar surface area (TPSA) is 49.5 Å². The Labute approximate surface area is 104 Å². The first-order valence-electron chi connectivity index (χ1n) is 6.08. The summed E-state index contributed by atoms with van der Waals surface area (Å²) in [5, 5.41) is 9.99. The van der Waals surface area contributed by atoms with E-state index in [1.165, 1.54) is 0 Å². The summed E-state index contributed by atoms with van der Waals surface area (Å²) in [6.45, 7) is 9.70. The van der Waals surface area contributed by atoms with Crippen molar-refractivity contribution >= 4 is 5.69 Å². The van der Waals surface area contributed by atoms with Crippen LogP contribution in [0.1, 0.15) is 31.9 Å². The highest BCUT2D eigenvalue weighted by Gasteiger charge is 2.11. The molecule has 0 unspecified atom stereocenters. The lowest BCUT2D eigenvalue weighted by molar-refractivity contribution is 0.461. The number of nitrogens with two attached hydrogens (primary N) is 1. The van der Waals surface area contributed by atoms with E-state index in [4.69, 9.17) is 5.73 Å². The van der Waals surface area contributed by atoms with Crippen molar-refractivity contribution < 1.29 is 5.11 Å². The molecule has 1 aromatic rings. The van der Waals surface area contributed by atoms with Gasteiger partial charge >= 0.3 is 0 Å². The van der Waals surface area contributed by atoms with Crippen molar-refractivity contribution in [3.05, 3.63) is 36.4 Å². The average molecular weight is 234 g/mol. The van der Waals surface area contributed by atoms with Crippen LogP contribution in [-0.4, -0.2) is 18.2 Å². The van der Waals surface area contributed by atoms with Gasteiger partial charge in [0.2, 0.25) is 0 Å². The van der Waals surface area contributed by atoms with Crippen LogP contribution < -0.4 is 10.6 Å². The molecule has 0 heterocycles. The van der Waals surface area contributed by atoms with Crippen molar-refractivity contribution in [1.29, 1.82) is 0 Å². The monoisotopic (exact) mass is 234 g/mol. The maximum atomic E-state index is 9.99. The third-order valence-corrected chi connectivity index (χ3v) is 2.96. The third kappa shape index (κ3) is 3.24. The Morgan fingerprint density at radius 1 is 1.41 bits per heavy atom. The van der Waals surface area contributed by atoms with Crippen molar-refractivity contribution in [3.8, 4) is 5.75 Å². The summed E-state index contributed by atoms with van der Waals surface area (Å²) in [5.41, 5.74) is 7.76. The number of hydrogen-bond acceptors (Lipinski definition) is 3.